The van der Waals surface area contributed by atoms with Crippen LogP contribution in [-0.2, 0) is 12.8 Å². The zero-order chi connectivity index (χ0) is 22.0. The summed E-state index contributed by atoms with van der Waals surface area (Å²) < 4.78 is 6.46. The maximum absolute atomic E-state index is 6.46. The van der Waals surface area contributed by atoms with E-state index in [1.54, 1.807) is 0 Å². The number of rotatable bonds is 18. The van der Waals surface area contributed by atoms with E-state index in [2.05, 4.69) is 62.4 Å². The minimum absolute atomic E-state index is 0. The van der Waals surface area contributed by atoms with Gasteiger partial charge >= 0.3 is 29.6 Å². The normalized spacial score (nSPS) is 10.7. The van der Waals surface area contributed by atoms with Gasteiger partial charge in [-0.1, -0.05) is 127 Å². The quantitative estimate of drug-likeness (QED) is 0.164. The van der Waals surface area contributed by atoms with E-state index in [1.807, 2.05) is 0 Å². The molecule has 32 heavy (non-hydrogen) atoms. The summed E-state index contributed by atoms with van der Waals surface area (Å²) in [6, 6.07) is 17.3. The zero-order valence-corrected chi connectivity index (χ0v) is 20.3. The third kappa shape index (κ3) is 12.5. The summed E-state index contributed by atoms with van der Waals surface area (Å²) in [6.45, 7) is 4.56. The number of aryl methyl sites for hydroxylation is 2. The molecule has 1 nitrogen and oxygen atoms in total. The second kappa shape index (κ2) is 19.7. The first kappa shape index (κ1) is 29.3. The first-order chi connectivity index (χ1) is 15.3. The van der Waals surface area contributed by atoms with Gasteiger partial charge in [-0.2, -0.15) is 0 Å². The Morgan fingerprint density at radius 1 is 0.469 bits per heavy atom. The van der Waals surface area contributed by atoms with Crippen molar-refractivity contribution in [2.45, 2.75) is 117 Å². The van der Waals surface area contributed by atoms with E-state index in [0.717, 1.165) is 24.3 Å². The molecule has 2 aromatic rings. The van der Waals surface area contributed by atoms with Crippen molar-refractivity contribution in [3.8, 4) is 11.5 Å². The Bertz CT molecular complexity index is 637. The zero-order valence-electron chi connectivity index (χ0n) is 20.3. The van der Waals surface area contributed by atoms with Gasteiger partial charge in [-0.25, -0.2) is 0 Å². The number of para-hydroxylation sites is 2. The second-order valence-electron chi connectivity index (χ2n) is 9.06. The average Bonchev–Trinajstić information content (AvgIpc) is 2.80. The Morgan fingerprint density at radius 2 is 0.812 bits per heavy atom. The van der Waals surface area contributed by atoms with Crippen molar-refractivity contribution in [3.63, 3.8) is 0 Å². The van der Waals surface area contributed by atoms with E-state index in [-0.39, 0.29) is 29.6 Å². The van der Waals surface area contributed by atoms with E-state index in [9.17, 15) is 0 Å². The molecule has 0 N–H and O–H groups in total. The average molecular weight is 447 g/mol. The van der Waals surface area contributed by atoms with Gasteiger partial charge in [0.05, 0.1) is 0 Å². The van der Waals surface area contributed by atoms with Gasteiger partial charge in [-0.15, -0.1) is 0 Å². The summed E-state index contributed by atoms with van der Waals surface area (Å²) in [5, 5.41) is 0. The molecule has 0 aliphatic rings. The third-order valence-electron chi connectivity index (χ3n) is 6.26. The molecule has 0 spiro atoms. The number of hydrogen-bond acceptors (Lipinski definition) is 1. The van der Waals surface area contributed by atoms with Crippen LogP contribution in [0.1, 0.15) is 115 Å². The standard InChI is InChI=1S/C30H46O.Na.H/c1-3-5-7-9-11-13-15-21-27-23-17-19-25-29(27)31-30-26-20-18-24-28(30)22-16-14-12-10-8-6-4-2;;/h17-20,23-26H,3-16,21-22H2,1-2H3;;. The summed E-state index contributed by atoms with van der Waals surface area (Å²) in [6.07, 6.45) is 21.1. The summed E-state index contributed by atoms with van der Waals surface area (Å²) >= 11 is 0. The molecule has 0 aliphatic heterocycles. The van der Waals surface area contributed by atoms with Crippen LogP contribution < -0.4 is 4.74 Å². The van der Waals surface area contributed by atoms with Crippen molar-refractivity contribution in [1.29, 1.82) is 0 Å². The van der Waals surface area contributed by atoms with Gasteiger partial charge in [-0.3, -0.25) is 0 Å². The summed E-state index contributed by atoms with van der Waals surface area (Å²) in [4.78, 5) is 0. The number of unbranched alkanes of at least 4 members (excludes halogenated alkanes) is 12. The first-order valence-electron chi connectivity index (χ1n) is 13.2. The Hall–Kier alpha value is -0.760. The molecule has 0 atom stereocenters. The molecule has 0 radical (unpaired) electrons. The van der Waals surface area contributed by atoms with Gasteiger partial charge in [0.25, 0.3) is 0 Å². The van der Waals surface area contributed by atoms with Crippen LogP contribution >= 0.6 is 0 Å². The van der Waals surface area contributed by atoms with Gasteiger partial charge in [0.2, 0.25) is 0 Å². The fraction of sp³-hybridized carbons (Fsp3) is 0.600. The second-order valence-corrected chi connectivity index (χ2v) is 9.06. The van der Waals surface area contributed by atoms with Gasteiger partial charge in [-0.05, 0) is 48.9 Å². The topological polar surface area (TPSA) is 9.23 Å². The van der Waals surface area contributed by atoms with Crippen molar-refractivity contribution in [2.24, 2.45) is 0 Å². The van der Waals surface area contributed by atoms with Crippen molar-refractivity contribution in [2.75, 3.05) is 0 Å². The molecule has 2 heteroatoms. The molecule has 0 heterocycles. The number of ether oxygens (including phenoxy) is 1. The summed E-state index contributed by atoms with van der Waals surface area (Å²) in [5.74, 6) is 2.08. The van der Waals surface area contributed by atoms with Gasteiger partial charge in [0, 0.05) is 0 Å². The Morgan fingerprint density at radius 3 is 1.22 bits per heavy atom. The van der Waals surface area contributed by atoms with E-state index < -0.39 is 0 Å². The van der Waals surface area contributed by atoms with E-state index in [0.29, 0.717) is 0 Å². The van der Waals surface area contributed by atoms with Crippen LogP contribution in [0.2, 0.25) is 0 Å². The van der Waals surface area contributed by atoms with Crippen LogP contribution in [0.3, 0.4) is 0 Å². The minimum atomic E-state index is 0. The predicted octanol–water partition coefficient (Wildman–Crippen LogP) is 9.42. The summed E-state index contributed by atoms with van der Waals surface area (Å²) in [7, 11) is 0. The van der Waals surface area contributed by atoms with E-state index in [1.165, 1.54) is 101 Å². The molecule has 0 fully saturated rings. The molecule has 0 saturated carbocycles. The van der Waals surface area contributed by atoms with Gasteiger partial charge < -0.3 is 4.74 Å². The molecule has 0 aromatic heterocycles. The van der Waals surface area contributed by atoms with Crippen LogP contribution in [-0.4, -0.2) is 29.6 Å². The van der Waals surface area contributed by atoms with Crippen molar-refractivity contribution < 1.29 is 4.74 Å². The van der Waals surface area contributed by atoms with Crippen molar-refractivity contribution >= 4 is 29.6 Å². The SMILES string of the molecule is CCCCCCCCCc1ccccc1Oc1ccccc1CCCCCCCCC.[NaH]. The van der Waals surface area contributed by atoms with Crippen LogP contribution in [0, 0.1) is 0 Å². The van der Waals surface area contributed by atoms with Crippen molar-refractivity contribution in [3.05, 3.63) is 59.7 Å². The number of benzene rings is 2. The van der Waals surface area contributed by atoms with E-state index >= 15 is 0 Å². The Kier molecular flexibility index (Phi) is 18.0. The van der Waals surface area contributed by atoms with Crippen LogP contribution in [0.25, 0.3) is 0 Å². The molecular formula is C30H47NaO. The Balaban J connectivity index is 0.00000512. The van der Waals surface area contributed by atoms with Gasteiger partial charge in [0.1, 0.15) is 11.5 Å². The fourth-order valence-electron chi connectivity index (χ4n) is 4.28. The molecular weight excluding hydrogens is 399 g/mol. The molecule has 0 bridgehead atoms. The maximum atomic E-state index is 6.46. The predicted molar refractivity (Wildman–Crippen MR) is 144 cm³/mol. The Labute approximate surface area is 221 Å². The van der Waals surface area contributed by atoms with E-state index in [4.69, 9.17) is 4.74 Å². The molecule has 2 rings (SSSR count). The van der Waals surface area contributed by atoms with Crippen LogP contribution in [0.4, 0.5) is 0 Å². The van der Waals surface area contributed by atoms with Crippen LogP contribution in [0.5, 0.6) is 11.5 Å². The number of hydrogen-bond donors (Lipinski definition) is 0. The molecule has 2 aromatic carbocycles. The van der Waals surface area contributed by atoms with Crippen LogP contribution in [0.15, 0.2) is 48.5 Å². The van der Waals surface area contributed by atoms with Crippen molar-refractivity contribution in [1.82, 2.24) is 0 Å². The fourth-order valence-corrected chi connectivity index (χ4v) is 4.28. The molecule has 0 amide bonds. The third-order valence-corrected chi connectivity index (χ3v) is 6.26. The monoisotopic (exact) mass is 446 g/mol. The molecule has 0 aliphatic carbocycles. The first-order valence-corrected chi connectivity index (χ1v) is 13.2. The van der Waals surface area contributed by atoms with Gasteiger partial charge in [0.15, 0.2) is 0 Å². The molecule has 174 valence electrons. The molecule has 0 unspecified atom stereocenters. The molecule has 0 saturated heterocycles. The summed E-state index contributed by atoms with van der Waals surface area (Å²) in [5.41, 5.74) is 2.70.